The summed E-state index contributed by atoms with van der Waals surface area (Å²) in [4.78, 5) is 22.8. The second-order valence-electron chi connectivity index (χ2n) is 3.99. The first-order valence-electron chi connectivity index (χ1n) is 5.58. The van der Waals surface area contributed by atoms with Gasteiger partial charge in [0.15, 0.2) is 5.41 Å². The molecule has 5 heteroatoms. The second kappa shape index (κ2) is 7.56. The summed E-state index contributed by atoms with van der Waals surface area (Å²) in [5.74, 6) is -2.60. The normalized spacial score (nSPS) is 10.5. The van der Waals surface area contributed by atoms with Crippen molar-refractivity contribution in [3.63, 3.8) is 0 Å². The molecule has 4 nitrogen and oxygen atoms in total. The molecule has 0 bridgehead atoms. The third-order valence-electron chi connectivity index (χ3n) is 2.90. The summed E-state index contributed by atoms with van der Waals surface area (Å²) < 4.78 is 0. The van der Waals surface area contributed by atoms with Crippen molar-refractivity contribution in [1.29, 1.82) is 0 Å². The number of unbranched alkanes of at least 4 members (excludes halogenated alkanes) is 1. The van der Waals surface area contributed by atoms with Crippen molar-refractivity contribution in [2.45, 2.75) is 31.6 Å². The van der Waals surface area contributed by atoms with Crippen LogP contribution in [0.1, 0.15) is 31.7 Å². The summed E-state index contributed by atoms with van der Waals surface area (Å²) in [5, 5.41) is 18.6. The van der Waals surface area contributed by atoms with Gasteiger partial charge >= 0.3 is 41.5 Å². The van der Waals surface area contributed by atoms with Crippen molar-refractivity contribution in [3.8, 4) is 0 Å². The van der Waals surface area contributed by atoms with Crippen LogP contribution in [0, 0.1) is 0 Å². The van der Waals surface area contributed by atoms with Gasteiger partial charge in [-0.3, -0.25) is 9.59 Å². The predicted octanol–water partition coefficient (Wildman–Crippen LogP) is 1.64. The predicted molar refractivity (Wildman–Crippen MR) is 70.1 cm³/mol. The third-order valence-corrected chi connectivity index (χ3v) is 2.90. The molecule has 0 unspecified atom stereocenters. The van der Waals surface area contributed by atoms with E-state index in [1.165, 1.54) is 0 Å². The molecule has 0 aliphatic heterocycles. The van der Waals surface area contributed by atoms with Gasteiger partial charge in [-0.05, 0) is 12.0 Å². The van der Waals surface area contributed by atoms with Crippen LogP contribution in [-0.4, -0.2) is 51.7 Å². The minimum absolute atomic E-state index is 0. The maximum absolute atomic E-state index is 11.4. The molecule has 0 heterocycles. The number of carbonyl (C=O) groups is 2. The molecule has 0 aromatic heterocycles. The van der Waals surface area contributed by atoms with Crippen molar-refractivity contribution in [1.82, 2.24) is 0 Å². The van der Waals surface area contributed by atoms with Gasteiger partial charge in [0.25, 0.3) is 0 Å². The van der Waals surface area contributed by atoms with Crippen LogP contribution in [0.15, 0.2) is 30.3 Å². The molecule has 1 aromatic rings. The number of carboxylic acid groups (broad SMARTS) is 2. The molecule has 0 aliphatic carbocycles. The standard InChI is InChI=1S/C13H16O4.Na.H/c1-2-3-9-13(11(14)15,12(16)17)10-7-5-4-6-8-10;;/h4-8H,2-3,9H2,1H3,(H,14,15)(H,16,17);;. The average molecular weight is 260 g/mol. The molecule has 1 aromatic carbocycles. The molecule has 1 rings (SSSR count). The van der Waals surface area contributed by atoms with E-state index in [0.717, 1.165) is 6.42 Å². The van der Waals surface area contributed by atoms with E-state index in [0.29, 0.717) is 12.0 Å². The first kappa shape index (κ1) is 17.2. The number of benzene rings is 1. The van der Waals surface area contributed by atoms with Gasteiger partial charge in [0.1, 0.15) is 0 Å². The van der Waals surface area contributed by atoms with Crippen molar-refractivity contribution in [2.75, 3.05) is 0 Å². The number of hydrogen-bond acceptors (Lipinski definition) is 2. The molecule has 94 valence electrons. The molecular formula is C13H17NaO4. The zero-order chi connectivity index (χ0) is 12.9. The summed E-state index contributed by atoms with van der Waals surface area (Å²) in [6, 6.07) is 8.15. The average Bonchev–Trinajstić information content (AvgIpc) is 2.30. The van der Waals surface area contributed by atoms with Crippen LogP contribution in [-0.2, 0) is 15.0 Å². The van der Waals surface area contributed by atoms with Crippen molar-refractivity contribution in [2.24, 2.45) is 0 Å². The van der Waals surface area contributed by atoms with E-state index in [-0.39, 0.29) is 36.0 Å². The number of aliphatic carboxylic acids is 2. The molecule has 18 heavy (non-hydrogen) atoms. The van der Waals surface area contributed by atoms with Gasteiger partial charge in [-0.1, -0.05) is 50.1 Å². The summed E-state index contributed by atoms with van der Waals surface area (Å²) in [5.41, 5.74) is -1.49. The van der Waals surface area contributed by atoms with E-state index in [9.17, 15) is 19.8 Å². The van der Waals surface area contributed by atoms with Gasteiger partial charge in [-0.2, -0.15) is 0 Å². The Bertz CT molecular complexity index is 389. The quantitative estimate of drug-likeness (QED) is 0.602. The Morgan fingerprint density at radius 1 is 1.11 bits per heavy atom. The van der Waals surface area contributed by atoms with E-state index < -0.39 is 17.4 Å². The zero-order valence-corrected chi connectivity index (χ0v) is 9.72. The minimum atomic E-state index is -1.82. The van der Waals surface area contributed by atoms with Crippen molar-refractivity contribution in [3.05, 3.63) is 35.9 Å². The molecular weight excluding hydrogens is 243 g/mol. The number of rotatable bonds is 6. The Morgan fingerprint density at radius 2 is 1.61 bits per heavy atom. The van der Waals surface area contributed by atoms with Gasteiger partial charge < -0.3 is 10.2 Å². The van der Waals surface area contributed by atoms with Crippen LogP contribution in [0.3, 0.4) is 0 Å². The first-order chi connectivity index (χ1) is 8.05. The number of carboxylic acids is 2. The molecule has 0 radical (unpaired) electrons. The van der Waals surface area contributed by atoms with Crippen molar-refractivity contribution >= 4 is 41.5 Å². The van der Waals surface area contributed by atoms with Crippen molar-refractivity contribution < 1.29 is 19.8 Å². The van der Waals surface area contributed by atoms with E-state index >= 15 is 0 Å². The van der Waals surface area contributed by atoms with Gasteiger partial charge in [-0.25, -0.2) is 0 Å². The van der Waals surface area contributed by atoms with Gasteiger partial charge in [0, 0.05) is 0 Å². The van der Waals surface area contributed by atoms with Gasteiger partial charge in [-0.15, -0.1) is 0 Å². The summed E-state index contributed by atoms with van der Waals surface area (Å²) in [6.07, 6.45) is 1.43. The van der Waals surface area contributed by atoms with Crippen LogP contribution < -0.4 is 0 Å². The van der Waals surface area contributed by atoms with E-state index in [1.54, 1.807) is 30.3 Å². The first-order valence-corrected chi connectivity index (χ1v) is 5.58. The monoisotopic (exact) mass is 260 g/mol. The fourth-order valence-electron chi connectivity index (χ4n) is 1.86. The molecule has 0 atom stereocenters. The zero-order valence-electron chi connectivity index (χ0n) is 9.72. The molecule has 0 amide bonds. The van der Waals surface area contributed by atoms with Crippen LogP contribution in [0.4, 0.5) is 0 Å². The van der Waals surface area contributed by atoms with Crippen LogP contribution in [0.2, 0.25) is 0 Å². The molecule has 2 N–H and O–H groups in total. The maximum atomic E-state index is 11.4. The summed E-state index contributed by atoms with van der Waals surface area (Å²) in [6.45, 7) is 1.90. The van der Waals surface area contributed by atoms with Crippen LogP contribution in [0.5, 0.6) is 0 Å². The molecule has 0 saturated heterocycles. The fourth-order valence-corrected chi connectivity index (χ4v) is 1.86. The topological polar surface area (TPSA) is 74.6 Å². The number of hydrogen-bond donors (Lipinski definition) is 2. The summed E-state index contributed by atoms with van der Waals surface area (Å²) in [7, 11) is 0. The Hall–Kier alpha value is -0.840. The van der Waals surface area contributed by atoms with E-state index in [1.807, 2.05) is 6.92 Å². The van der Waals surface area contributed by atoms with Gasteiger partial charge in [0.05, 0.1) is 0 Å². The third kappa shape index (κ3) is 3.34. The molecule has 0 fully saturated rings. The van der Waals surface area contributed by atoms with Crippen LogP contribution >= 0.6 is 0 Å². The molecule has 0 saturated carbocycles. The second-order valence-corrected chi connectivity index (χ2v) is 3.99. The Labute approximate surface area is 128 Å². The Kier molecular flexibility index (Phi) is 7.21. The van der Waals surface area contributed by atoms with Gasteiger partial charge in [0.2, 0.25) is 0 Å². The molecule has 0 spiro atoms. The Balaban J connectivity index is 0.00000289. The Morgan fingerprint density at radius 3 is 2.00 bits per heavy atom. The van der Waals surface area contributed by atoms with E-state index in [2.05, 4.69) is 0 Å². The molecule has 0 aliphatic rings. The SMILES string of the molecule is CCCCC(C(=O)O)(C(=O)O)c1ccccc1.[NaH]. The van der Waals surface area contributed by atoms with Crippen LogP contribution in [0.25, 0.3) is 0 Å². The summed E-state index contributed by atoms with van der Waals surface area (Å²) >= 11 is 0. The fraction of sp³-hybridized carbons (Fsp3) is 0.385. The van der Waals surface area contributed by atoms with E-state index in [4.69, 9.17) is 0 Å².